The van der Waals surface area contributed by atoms with Crippen LogP contribution < -0.4 is 5.32 Å². The minimum Gasteiger partial charge on any atom is -0.325 e. The van der Waals surface area contributed by atoms with Crippen molar-refractivity contribution in [1.29, 1.82) is 0 Å². The maximum absolute atomic E-state index is 12.4. The molecule has 0 radical (unpaired) electrons. The largest absolute Gasteiger partial charge is 0.325 e. The van der Waals surface area contributed by atoms with Crippen molar-refractivity contribution >= 4 is 50.7 Å². The molecule has 0 unspecified atom stereocenters. The molecule has 9 heteroatoms. The minimum atomic E-state index is -3.85. The first-order valence-corrected chi connectivity index (χ1v) is 9.91. The second kappa shape index (κ2) is 7.26. The van der Waals surface area contributed by atoms with Crippen LogP contribution in [0.5, 0.6) is 0 Å². The minimum absolute atomic E-state index is 0.000149. The van der Waals surface area contributed by atoms with Crippen LogP contribution in [0.3, 0.4) is 0 Å². The molecule has 1 N–H and O–H groups in total. The maximum Gasteiger partial charge on any atom is 0.269 e. The van der Waals surface area contributed by atoms with Crippen molar-refractivity contribution in [3.05, 3.63) is 58.1 Å². The summed E-state index contributed by atoms with van der Waals surface area (Å²) in [5, 5.41) is 3.39. The average Bonchev–Trinajstić information content (AvgIpc) is 2.79. The van der Waals surface area contributed by atoms with Gasteiger partial charge in [0.2, 0.25) is 5.91 Å². The third kappa shape index (κ3) is 3.56. The van der Waals surface area contributed by atoms with Gasteiger partial charge in [0, 0.05) is 18.0 Å². The fourth-order valence-corrected chi connectivity index (χ4v) is 4.59. The molecule has 0 saturated heterocycles. The molecule has 0 saturated carbocycles. The van der Waals surface area contributed by atoms with E-state index < -0.39 is 15.9 Å². The van der Waals surface area contributed by atoms with Gasteiger partial charge in [0.25, 0.3) is 15.9 Å². The molecule has 1 aliphatic heterocycles. The lowest BCUT2D eigenvalue weighted by Gasteiger charge is -2.15. The summed E-state index contributed by atoms with van der Waals surface area (Å²) in [5.74, 6) is -0.922. The Bertz CT molecular complexity index is 992. The lowest BCUT2D eigenvalue weighted by atomic mass is 10.2. The summed E-state index contributed by atoms with van der Waals surface area (Å²) < 4.78 is 25.6. The van der Waals surface area contributed by atoms with E-state index in [1.165, 1.54) is 18.2 Å². The van der Waals surface area contributed by atoms with Gasteiger partial charge in [0.1, 0.15) is 4.90 Å². The van der Waals surface area contributed by atoms with Crippen molar-refractivity contribution in [1.82, 2.24) is 4.31 Å². The highest BCUT2D eigenvalue weighted by Gasteiger charge is 2.40. The summed E-state index contributed by atoms with van der Waals surface area (Å²) in [7, 11) is -3.85. The molecule has 2 amide bonds. The topological polar surface area (TPSA) is 83.6 Å². The van der Waals surface area contributed by atoms with Crippen LogP contribution in [0.15, 0.2) is 47.4 Å². The van der Waals surface area contributed by atoms with Crippen LogP contribution >= 0.6 is 23.2 Å². The van der Waals surface area contributed by atoms with Crippen LogP contribution in [0.2, 0.25) is 10.0 Å². The zero-order valence-electron chi connectivity index (χ0n) is 13.4. The predicted molar refractivity (Wildman–Crippen MR) is 99.0 cm³/mol. The Kier molecular flexibility index (Phi) is 5.22. The number of fused-ring (bicyclic) bond motifs is 1. The first-order valence-electron chi connectivity index (χ1n) is 7.72. The number of anilines is 1. The van der Waals surface area contributed by atoms with Crippen LogP contribution in [0.25, 0.3) is 0 Å². The quantitative estimate of drug-likeness (QED) is 0.813. The van der Waals surface area contributed by atoms with Crippen LogP contribution in [0.4, 0.5) is 5.69 Å². The number of sulfonamides is 1. The summed E-state index contributed by atoms with van der Waals surface area (Å²) >= 11 is 11.8. The molecule has 0 fully saturated rings. The molecular formula is C17H14Cl2N2O4S. The Hall–Kier alpha value is -2.09. The molecule has 1 heterocycles. The Morgan fingerprint density at radius 1 is 1.12 bits per heavy atom. The Morgan fingerprint density at radius 2 is 1.85 bits per heavy atom. The van der Waals surface area contributed by atoms with Gasteiger partial charge in [-0.25, -0.2) is 12.7 Å². The average molecular weight is 413 g/mol. The van der Waals surface area contributed by atoms with Gasteiger partial charge in [-0.05, 0) is 36.8 Å². The second-order valence-corrected chi connectivity index (χ2v) is 8.33. The van der Waals surface area contributed by atoms with Crippen molar-refractivity contribution in [2.45, 2.75) is 17.7 Å². The van der Waals surface area contributed by atoms with Crippen molar-refractivity contribution in [3.63, 3.8) is 0 Å². The van der Waals surface area contributed by atoms with E-state index >= 15 is 0 Å². The number of rotatable bonds is 5. The zero-order chi connectivity index (χ0) is 18.9. The number of halogens is 2. The normalized spacial score (nSPS) is 15.0. The molecule has 0 aliphatic carbocycles. The van der Waals surface area contributed by atoms with Gasteiger partial charge in [-0.1, -0.05) is 35.3 Å². The van der Waals surface area contributed by atoms with Gasteiger partial charge < -0.3 is 5.32 Å². The van der Waals surface area contributed by atoms with E-state index in [0.717, 1.165) is 4.31 Å². The van der Waals surface area contributed by atoms with Crippen molar-refractivity contribution in [2.24, 2.45) is 0 Å². The van der Waals surface area contributed by atoms with Gasteiger partial charge in [0.05, 0.1) is 16.3 Å². The van der Waals surface area contributed by atoms with Gasteiger partial charge in [-0.3, -0.25) is 9.59 Å². The van der Waals surface area contributed by atoms with E-state index in [-0.39, 0.29) is 35.8 Å². The van der Waals surface area contributed by atoms with Crippen LogP contribution in [0, 0.1) is 0 Å². The van der Waals surface area contributed by atoms with Crippen molar-refractivity contribution < 1.29 is 18.0 Å². The van der Waals surface area contributed by atoms with Gasteiger partial charge >= 0.3 is 0 Å². The molecule has 0 bridgehead atoms. The zero-order valence-corrected chi connectivity index (χ0v) is 15.7. The van der Waals surface area contributed by atoms with E-state index in [1.807, 2.05) is 0 Å². The first-order chi connectivity index (χ1) is 12.3. The summed E-state index contributed by atoms with van der Waals surface area (Å²) in [5.41, 5.74) is 0.532. The van der Waals surface area contributed by atoms with Crippen LogP contribution in [0.1, 0.15) is 23.2 Å². The van der Waals surface area contributed by atoms with Gasteiger partial charge in [0.15, 0.2) is 0 Å². The van der Waals surface area contributed by atoms with Gasteiger partial charge in [-0.2, -0.15) is 0 Å². The molecule has 2 aromatic carbocycles. The summed E-state index contributed by atoms with van der Waals surface area (Å²) in [6, 6.07) is 10.7. The molecule has 6 nitrogen and oxygen atoms in total. The molecular weight excluding hydrogens is 399 g/mol. The summed E-state index contributed by atoms with van der Waals surface area (Å²) in [6.07, 6.45) is 0.210. The smallest absolute Gasteiger partial charge is 0.269 e. The number of benzene rings is 2. The molecule has 0 aromatic heterocycles. The Balaban J connectivity index is 1.61. The predicted octanol–water partition coefficient (Wildman–Crippen LogP) is 3.56. The van der Waals surface area contributed by atoms with Gasteiger partial charge in [-0.15, -0.1) is 0 Å². The molecule has 0 spiro atoms. The molecule has 26 heavy (non-hydrogen) atoms. The third-order valence-corrected chi connectivity index (χ3v) is 6.28. The highest BCUT2D eigenvalue weighted by atomic mass is 35.5. The summed E-state index contributed by atoms with van der Waals surface area (Å²) in [4.78, 5) is 24.3. The first kappa shape index (κ1) is 18.7. The van der Waals surface area contributed by atoms with E-state index in [1.54, 1.807) is 24.3 Å². The standard InChI is InChI=1S/C17H14Cl2N2O4S/c18-11-7-8-13(19)14(10-11)20-16(22)6-3-9-21-17(23)12-4-1-2-5-15(12)26(21,24)25/h1-2,4-5,7-8,10H,3,6,9H2,(H,20,22). The monoisotopic (exact) mass is 412 g/mol. The van der Waals surface area contributed by atoms with E-state index in [2.05, 4.69) is 5.32 Å². The number of nitrogens with one attached hydrogen (secondary N) is 1. The number of nitrogens with zero attached hydrogens (tertiary/aromatic N) is 1. The maximum atomic E-state index is 12.4. The van der Waals surface area contributed by atoms with Crippen LogP contribution in [-0.2, 0) is 14.8 Å². The van der Waals surface area contributed by atoms with E-state index in [9.17, 15) is 18.0 Å². The highest BCUT2D eigenvalue weighted by molar-refractivity contribution is 7.90. The lowest BCUT2D eigenvalue weighted by Crippen LogP contribution is -2.31. The van der Waals surface area contributed by atoms with E-state index in [0.29, 0.717) is 15.7 Å². The van der Waals surface area contributed by atoms with Crippen molar-refractivity contribution in [3.8, 4) is 0 Å². The van der Waals surface area contributed by atoms with Crippen molar-refractivity contribution in [2.75, 3.05) is 11.9 Å². The summed E-state index contributed by atoms with van der Waals surface area (Å²) in [6.45, 7) is -0.0768. The molecule has 136 valence electrons. The molecule has 0 atom stereocenters. The fraction of sp³-hybridized carbons (Fsp3) is 0.176. The Labute approximate surface area is 160 Å². The molecule has 1 aliphatic rings. The third-order valence-electron chi connectivity index (χ3n) is 3.88. The molecule has 3 rings (SSSR count). The highest BCUT2D eigenvalue weighted by Crippen LogP contribution is 2.30. The number of carbonyl (C=O) groups is 2. The second-order valence-electron chi connectivity index (χ2n) is 5.65. The number of hydrogen-bond donors (Lipinski definition) is 1. The Morgan fingerprint density at radius 3 is 2.58 bits per heavy atom. The SMILES string of the molecule is O=C(CCCN1C(=O)c2ccccc2S1(=O)=O)Nc1cc(Cl)ccc1Cl. The van der Waals surface area contributed by atoms with E-state index in [4.69, 9.17) is 23.2 Å². The lowest BCUT2D eigenvalue weighted by molar-refractivity contribution is -0.116. The number of carbonyl (C=O) groups excluding carboxylic acids is 2. The number of hydrogen-bond acceptors (Lipinski definition) is 4. The molecule has 2 aromatic rings. The number of amides is 2. The fourth-order valence-electron chi connectivity index (χ4n) is 2.64. The van der Waals surface area contributed by atoms with Crippen LogP contribution in [-0.4, -0.2) is 31.1 Å².